The summed E-state index contributed by atoms with van der Waals surface area (Å²) in [6.45, 7) is 3.50. The molecule has 15 heteroatoms. The number of rotatable bonds is 17. The molecule has 0 amide bonds. The van der Waals surface area contributed by atoms with Gasteiger partial charge >= 0.3 is 7.82 Å². The van der Waals surface area contributed by atoms with Gasteiger partial charge < -0.3 is 32.9 Å². The van der Waals surface area contributed by atoms with Gasteiger partial charge in [0.2, 0.25) is 0 Å². The number of phosphoric ester groups is 1. The van der Waals surface area contributed by atoms with Crippen LogP contribution in [0.1, 0.15) is 43.4 Å². The zero-order chi connectivity index (χ0) is 39.3. The Morgan fingerprint density at radius 1 is 0.836 bits per heavy atom. The van der Waals surface area contributed by atoms with Crippen molar-refractivity contribution in [3.8, 4) is 46.7 Å². The van der Waals surface area contributed by atoms with Crippen molar-refractivity contribution in [3.05, 3.63) is 95.6 Å². The van der Waals surface area contributed by atoms with Crippen molar-refractivity contribution in [2.45, 2.75) is 74.8 Å². The summed E-state index contributed by atoms with van der Waals surface area (Å²) in [5, 5.41) is 2.12. The van der Waals surface area contributed by atoms with E-state index >= 15 is 0 Å². The van der Waals surface area contributed by atoms with Crippen molar-refractivity contribution in [1.82, 2.24) is 0 Å². The van der Waals surface area contributed by atoms with Gasteiger partial charge in [-0.3, -0.25) is 9.05 Å². The maximum atomic E-state index is 14.4. The predicted octanol–water partition coefficient (Wildman–Crippen LogP) is 5.68. The highest BCUT2D eigenvalue weighted by atomic mass is 35.5. The van der Waals surface area contributed by atoms with E-state index in [4.69, 9.17) is 69.2 Å². The molecular formula is C40H40B3ClO10P. The fraction of sp³-hybridized carbons (Fsp3) is 0.400. The SMILES string of the molecule is [B][B][C@H]1CC(OP(=O)(OC#CC#CC#CCl)OC[C@H]2O[C@@H]([B])CC2OC(C)C)[C@@H](COC(c2ccccc2)(c2ccc(OC)cc2)c2ccc(OC)cc2)O1. The largest absolute Gasteiger partial charge is 0.539 e. The van der Waals surface area contributed by atoms with Crippen LogP contribution >= 0.6 is 19.4 Å². The summed E-state index contributed by atoms with van der Waals surface area (Å²) in [5.41, 5.74) is 1.28. The minimum Gasteiger partial charge on any atom is -0.497 e. The molecule has 2 saturated heterocycles. The van der Waals surface area contributed by atoms with E-state index in [1.165, 1.54) is 7.17 Å². The van der Waals surface area contributed by atoms with Gasteiger partial charge in [-0.05, 0) is 79.2 Å². The van der Waals surface area contributed by atoms with Gasteiger partial charge in [-0.15, -0.1) is 0 Å². The van der Waals surface area contributed by atoms with Crippen molar-refractivity contribution in [1.29, 1.82) is 0 Å². The first-order chi connectivity index (χ1) is 26.6. The fourth-order valence-corrected chi connectivity index (χ4v) is 7.64. The summed E-state index contributed by atoms with van der Waals surface area (Å²) in [7, 11) is 12.2. The molecule has 3 aromatic rings. The lowest BCUT2D eigenvalue weighted by Gasteiger charge is -2.37. The summed E-state index contributed by atoms with van der Waals surface area (Å²) in [6, 6.07) is 23.9. The first-order valence-electron chi connectivity index (χ1n) is 17.6. The molecule has 2 aliphatic heterocycles. The van der Waals surface area contributed by atoms with Crippen LogP contribution in [0.15, 0.2) is 78.9 Å². The number of phosphoric acid groups is 1. The van der Waals surface area contributed by atoms with Gasteiger partial charge in [0.25, 0.3) is 0 Å². The molecule has 10 nitrogen and oxygen atoms in total. The standard InChI is InChI=1S/C40H40B3ClO10P/c1-28(2)51-34-24-38(41)52-37(34)27-50-55(45,49-23-11-6-5-10-22-44)54-35-25-39(43-42)53-36(35)26-48-40(29-12-8-7-9-13-29,30-14-18-32(46-3)19-15-30)31-16-20-33(47-4)21-17-31/h7-9,12-21,28,34-39H,24-27H2,1-4H3/t34?,35?,36-,37-,38-,39-,55?/m1/s1. The third-order valence-corrected chi connectivity index (χ3v) is 10.3. The van der Waals surface area contributed by atoms with Gasteiger partial charge in [-0.25, -0.2) is 4.57 Å². The van der Waals surface area contributed by atoms with E-state index in [9.17, 15) is 4.57 Å². The lowest BCUT2D eigenvalue weighted by atomic mass is 9.51. The van der Waals surface area contributed by atoms with E-state index in [1.54, 1.807) is 14.2 Å². The number of methoxy groups -OCH3 is 2. The topological polar surface area (TPSA) is 100 Å². The molecular weight excluding hydrogens is 739 g/mol. The van der Waals surface area contributed by atoms with Crippen LogP contribution in [0.5, 0.6) is 11.5 Å². The monoisotopic (exact) mass is 779 g/mol. The number of benzene rings is 3. The molecule has 2 aliphatic rings. The third kappa shape index (κ3) is 11.2. The highest BCUT2D eigenvalue weighted by molar-refractivity contribution is 7.48. The average molecular weight is 780 g/mol. The Hall–Kier alpha value is -3.79. The van der Waals surface area contributed by atoms with Gasteiger partial charge in [0.15, 0.2) is 0 Å². The van der Waals surface area contributed by atoms with Crippen LogP contribution in [-0.4, -0.2) is 92.7 Å². The Bertz CT molecular complexity index is 1870. The number of ether oxygens (including phenoxy) is 6. The Morgan fingerprint density at radius 2 is 1.44 bits per heavy atom. The fourth-order valence-electron chi connectivity index (χ4n) is 6.40. The minimum atomic E-state index is -4.49. The Labute approximate surface area is 332 Å². The molecule has 5 radical (unpaired) electrons. The predicted molar refractivity (Wildman–Crippen MR) is 211 cm³/mol. The molecule has 0 aromatic heterocycles. The van der Waals surface area contributed by atoms with Crippen molar-refractivity contribution in [2.75, 3.05) is 27.4 Å². The van der Waals surface area contributed by atoms with Gasteiger partial charge in [0.1, 0.15) is 49.4 Å². The first kappa shape index (κ1) is 42.4. The summed E-state index contributed by atoms with van der Waals surface area (Å²) >= 11 is 5.36. The maximum Gasteiger partial charge on any atom is 0.539 e. The molecule has 2 heterocycles. The van der Waals surface area contributed by atoms with Crippen molar-refractivity contribution >= 4 is 42.2 Å². The Balaban J connectivity index is 1.47. The maximum absolute atomic E-state index is 14.4. The van der Waals surface area contributed by atoms with Crippen LogP contribution in [0.4, 0.5) is 0 Å². The Kier molecular flexibility index (Phi) is 15.7. The van der Waals surface area contributed by atoms with Gasteiger partial charge in [0, 0.05) is 48.8 Å². The van der Waals surface area contributed by atoms with E-state index in [2.05, 4.69) is 35.2 Å². The van der Waals surface area contributed by atoms with Crippen molar-refractivity contribution in [3.63, 3.8) is 0 Å². The zero-order valence-electron chi connectivity index (χ0n) is 31.0. The van der Waals surface area contributed by atoms with Gasteiger partial charge in [0.05, 0.1) is 46.8 Å². The van der Waals surface area contributed by atoms with Crippen LogP contribution in [0, 0.1) is 35.2 Å². The molecule has 3 unspecified atom stereocenters. The Morgan fingerprint density at radius 3 is 2.02 bits per heavy atom. The molecule has 7 atom stereocenters. The lowest BCUT2D eigenvalue weighted by Crippen LogP contribution is -2.38. The first-order valence-corrected chi connectivity index (χ1v) is 19.4. The number of halogens is 1. The van der Waals surface area contributed by atoms with Crippen LogP contribution in [-0.2, 0) is 42.7 Å². The van der Waals surface area contributed by atoms with E-state index in [0.717, 1.165) is 16.7 Å². The molecule has 5 rings (SSSR count). The number of hydrogen-bond acceptors (Lipinski definition) is 10. The van der Waals surface area contributed by atoms with Crippen molar-refractivity contribution < 1.29 is 46.6 Å². The summed E-state index contributed by atoms with van der Waals surface area (Å²) in [6.07, 6.45) is 0.0202. The number of hydrogen-bond donors (Lipinski definition) is 0. The quantitative estimate of drug-likeness (QED) is 0.0737. The van der Waals surface area contributed by atoms with E-state index in [0.29, 0.717) is 17.9 Å². The molecule has 55 heavy (non-hydrogen) atoms. The smallest absolute Gasteiger partial charge is 0.497 e. The molecule has 2 fully saturated rings. The van der Waals surface area contributed by atoms with Gasteiger partial charge in [-0.2, -0.15) is 0 Å². The molecule has 0 spiro atoms. The molecule has 3 aromatic carbocycles. The van der Waals surface area contributed by atoms with Gasteiger partial charge in [-0.1, -0.05) is 54.6 Å². The summed E-state index contributed by atoms with van der Waals surface area (Å²) < 4.78 is 68.0. The highest BCUT2D eigenvalue weighted by Gasteiger charge is 2.46. The molecule has 281 valence electrons. The molecule has 0 bridgehead atoms. The van der Waals surface area contributed by atoms with E-state index < -0.39 is 49.8 Å². The normalized spacial score (nSPS) is 22.9. The summed E-state index contributed by atoms with van der Waals surface area (Å²) in [5.74, 6) is 11.0. The van der Waals surface area contributed by atoms with Crippen LogP contribution < -0.4 is 9.47 Å². The van der Waals surface area contributed by atoms with Crippen LogP contribution in [0.3, 0.4) is 0 Å². The second-order valence-electron chi connectivity index (χ2n) is 12.8. The van der Waals surface area contributed by atoms with Crippen LogP contribution in [0.2, 0.25) is 0 Å². The van der Waals surface area contributed by atoms with Crippen molar-refractivity contribution in [2.24, 2.45) is 0 Å². The second kappa shape index (κ2) is 20.4. The lowest BCUT2D eigenvalue weighted by molar-refractivity contribution is -0.0777. The summed E-state index contributed by atoms with van der Waals surface area (Å²) in [4.78, 5) is 0. The molecule has 0 N–H and O–H groups in total. The van der Waals surface area contributed by atoms with E-state index in [-0.39, 0.29) is 25.7 Å². The second-order valence-corrected chi connectivity index (χ2v) is 14.5. The minimum absolute atomic E-state index is 0.0545. The van der Waals surface area contributed by atoms with Crippen LogP contribution in [0.25, 0.3) is 0 Å². The molecule has 0 aliphatic carbocycles. The van der Waals surface area contributed by atoms with E-state index in [1.807, 2.05) is 92.7 Å². The zero-order valence-corrected chi connectivity index (χ0v) is 32.7. The highest BCUT2D eigenvalue weighted by Crippen LogP contribution is 2.53. The average Bonchev–Trinajstić information content (AvgIpc) is 3.76. The molecule has 0 saturated carbocycles. The third-order valence-electron chi connectivity index (χ3n) is 8.86.